The molecule has 3 heteroatoms. The van der Waals surface area contributed by atoms with E-state index < -0.39 is 11.4 Å². The van der Waals surface area contributed by atoms with E-state index in [4.69, 9.17) is 4.74 Å². The molecule has 102 valence electrons. The number of hydrogen-bond donors (Lipinski definition) is 1. The largest absolute Gasteiger partial charge is 0.481 e. The van der Waals surface area contributed by atoms with Crippen molar-refractivity contribution in [3.8, 4) is 0 Å². The summed E-state index contributed by atoms with van der Waals surface area (Å²) in [4.78, 5) is 11.8. The average Bonchev–Trinajstić information content (AvgIpc) is 2.22. The second kappa shape index (κ2) is 7.00. The highest BCUT2D eigenvalue weighted by atomic mass is 16.5. The standard InChI is InChI=1S/C14H28O3/c1-7-12(17-6)14(11(4)5,13(15)16)9-8-10(2)3/h10-12H,7-9H2,1-6H3,(H,15,16). The Morgan fingerprint density at radius 2 is 1.82 bits per heavy atom. The molecule has 0 aromatic carbocycles. The number of ether oxygens (including phenoxy) is 1. The molecule has 0 radical (unpaired) electrons. The van der Waals surface area contributed by atoms with E-state index >= 15 is 0 Å². The third kappa shape index (κ3) is 3.70. The SMILES string of the molecule is CCC(OC)C(CCC(C)C)(C(=O)O)C(C)C. The molecule has 0 spiro atoms. The van der Waals surface area contributed by atoms with Crippen LogP contribution in [0.4, 0.5) is 0 Å². The van der Waals surface area contributed by atoms with Crippen LogP contribution in [0.5, 0.6) is 0 Å². The van der Waals surface area contributed by atoms with Gasteiger partial charge in [0.25, 0.3) is 0 Å². The molecule has 0 fully saturated rings. The van der Waals surface area contributed by atoms with Crippen molar-refractivity contribution in [2.24, 2.45) is 17.3 Å². The van der Waals surface area contributed by atoms with Gasteiger partial charge in [0, 0.05) is 7.11 Å². The fraction of sp³-hybridized carbons (Fsp3) is 0.929. The molecule has 0 bridgehead atoms. The molecular formula is C14H28O3. The monoisotopic (exact) mass is 244 g/mol. The number of methoxy groups -OCH3 is 1. The zero-order valence-electron chi connectivity index (χ0n) is 12.1. The summed E-state index contributed by atoms with van der Waals surface area (Å²) in [5, 5.41) is 9.66. The maximum atomic E-state index is 11.8. The molecule has 1 N–H and O–H groups in total. The minimum absolute atomic E-state index is 0.0728. The van der Waals surface area contributed by atoms with E-state index in [2.05, 4.69) is 13.8 Å². The molecule has 0 aromatic heterocycles. The first kappa shape index (κ1) is 16.4. The molecular weight excluding hydrogens is 216 g/mol. The second-order valence-electron chi connectivity index (χ2n) is 5.57. The van der Waals surface area contributed by atoms with Crippen LogP contribution >= 0.6 is 0 Å². The minimum atomic E-state index is -0.756. The Balaban J connectivity index is 5.19. The highest BCUT2D eigenvalue weighted by Gasteiger charge is 2.47. The molecule has 0 aliphatic rings. The molecule has 0 amide bonds. The lowest BCUT2D eigenvalue weighted by atomic mass is 9.68. The van der Waals surface area contributed by atoms with Crippen LogP contribution in [0.25, 0.3) is 0 Å². The first-order valence-corrected chi connectivity index (χ1v) is 6.59. The lowest BCUT2D eigenvalue weighted by Gasteiger charge is -2.39. The Kier molecular flexibility index (Phi) is 6.76. The van der Waals surface area contributed by atoms with Gasteiger partial charge < -0.3 is 9.84 Å². The molecule has 3 nitrogen and oxygen atoms in total. The minimum Gasteiger partial charge on any atom is -0.481 e. The van der Waals surface area contributed by atoms with Crippen LogP contribution in [0.15, 0.2) is 0 Å². The fourth-order valence-electron chi connectivity index (χ4n) is 2.58. The van der Waals surface area contributed by atoms with Gasteiger partial charge in [-0.25, -0.2) is 0 Å². The first-order valence-electron chi connectivity index (χ1n) is 6.59. The molecule has 0 aromatic rings. The van der Waals surface area contributed by atoms with Crippen molar-refractivity contribution in [3.63, 3.8) is 0 Å². The molecule has 0 saturated heterocycles. The van der Waals surface area contributed by atoms with Gasteiger partial charge in [-0.05, 0) is 31.1 Å². The maximum absolute atomic E-state index is 11.8. The van der Waals surface area contributed by atoms with Crippen LogP contribution in [0, 0.1) is 17.3 Å². The summed E-state index contributed by atoms with van der Waals surface area (Å²) in [5.74, 6) is -0.132. The predicted molar refractivity (Wildman–Crippen MR) is 70.1 cm³/mol. The van der Waals surface area contributed by atoms with Crippen molar-refractivity contribution >= 4 is 5.97 Å². The highest BCUT2D eigenvalue weighted by Crippen LogP contribution is 2.40. The van der Waals surface area contributed by atoms with E-state index in [1.165, 1.54) is 0 Å². The predicted octanol–water partition coefficient (Wildman–Crippen LogP) is 3.57. The Bertz CT molecular complexity index is 232. The van der Waals surface area contributed by atoms with E-state index in [1.807, 2.05) is 20.8 Å². The Hall–Kier alpha value is -0.570. The molecule has 0 aliphatic heterocycles. The summed E-state index contributed by atoms with van der Waals surface area (Å²) < 4.78 is 5.44. The Morgan fingerprint density at radius 3 is 2.06 bits per heavy atom. The van der Waals surface area contributed by atoms with Crippen LogP contribution in [0.1, 0.15) is 53.9 Å². The number of rotatable bonds is 8. The van der Waals surface area contributed by atoms with Gasteiger partial charge >= 0.3 is 5.97 Å². The molecule has 0 heterocycles. The summed E-state index contributed by atoms with van der Waals surface area (Å²) in [5.41, 5.74) is -0.756. The number of carboxylic acid groups (broad SMARTS) is 1. The van der Waals surface area contributed by atoms with Crippen LogP contribution in [-0.2, 0) is 9.53 Å². The van der Waals surface area contributed by atoms with Crippen LogP contribution < -0.4 is 0 Å². The number of carbonyl (C=O) groups is 1. The van der Waals surface area contributed by atoms with E-state index in [1.54, 1.807) is 7.11 Å². The van der Waals surface area contributed by atoms with Crippen molar-refractivity contribution in [1.82, 2.24) is 0 Å². The number of aliphatic carboxylic acids is 1. The van der Waals surface area contributed by atoms with Crippen molar-refractivity contribution in [1.29, 1.82) is 0 Å². The van der Waals surface area contributed by atoms with Gasteiger partial charge in [0.2, 0.25) is 0 Å². The average molecular weight is 244 g/mol. The Morgan fingerprint density at radius 1 is 1.29 bits per heavy atom. The van der Waals surface area contributed by atoms with Gasteiger partial charge in [0.15, 0.2) is 0 Å². The first-order chi connectivity index (χ1) is 7.82. The molecule has 2 atom stereocenters. The molecule has 0 rings (SSSR count). The Labute approximate surface area is 106 Å². The van der Waals surface area contributed by atoms with Gasteiger partial charge in [-0.2, -0.15) is 0 Å². The van der Waals surface area contributed by atoms with Crippen molar-refractivity contribution < 1.29 is 14.6 Å². The maximum Gasteiger partial charge on any atom is 0.312 e. The second-order valence-corrected chi connectivity index (χ2v) is 5.57. The third-order valence-corrected chi connectivity index (χ3v) is 3.79. The zero-order chi connectivity index (χ0) is 13.6. The topological polar surface area (TPSA) is 46.5 Å². The molecule has 0 saturated carbocycles. The summed E-state index contributed by atoms with van der Waals surface area (Å²) in [6.07, 6.45) is 2.13. The van der Waals surface area contributed by atoms with Crippen molar-refractivity contribution in [2.45, 2.75) is 60.0 Å². The van der Waals surface area contributed by atoms with Gasteiger partial charge in [-0.15, -0.1) is 0 Å². The van der Waals surface area contributed by atoms with E-state index in [9.17, 15) is 9.90 Å². The van der Waals surface area contributed by atoms with Gasteiger partial charge in [0.1, 0.15) is 0 Å². The normalized spacial score (nSPS) is 17.2. The van der Waals surface area contributed by atoms with Crippen LogP contribution in [-0.4, -0.2) is 24.3 Å². The van der Waals surface area contributed by atoms with Gasteiger partial charge in [-0.1, -0.05) is 34.6 Å². The number of carboxylic acids is 1. The fourth-order valence-corrected chi connectivity index (χ4v) is 2.58. The number of hydrogen-bond acceptors (Lipinski definition) is 2. The summed E-state index contributed by atoms with van der Waals surface area (Å²) in [6, 6.07) is 0. The van der Waals surface area contributed by atoms with E-state index in [0.29, 0.717) is 12.3 Å². The smallest absolute Gasteiger partial charge is 0.312 e. The highest BCUT2D eigenvalue weighted by molar-refractivity contribution is 5.75. The lowest BCUT2D eigenvalue weighted by molar-refractivity contribution is -0.165. The van der Waals surface area contributed by atoms with Gasteiger partial charge in [0.05, 0.1) is 11.5 Å². The van der Waals surface area contributed by atoms with E-state index in [0.717, 1.165) is 12.8 Å². The quantitative estimate of drug-likeness (QED) is 0.710. The van der Waals surface area contributed by atoms with Crippen LogP contribution in [0.3, 0.4) is 0 Å². The molecule has 17 heavy (non-hydrogen) atoms. The summed E-state index contributed by atoms with van der Waals surface area (Å²) in [6.45, 7) is 10.2. The summed E-state index contributed by atoms with van der Waals surface area (Å²) >= 11 is 0. The van der Waals surface area contributed by atoms with Crippen molar-refractivity contribution in [3.05, 3.63) is 0 Å². The lowest BCUT2D eigenvalue weighted by Crippen LogP contribution is -2.47. The zero-order valence-corrected chi connectivity index (χ0v) is 12.1. The van der Waals surface area contributed by atoms with Crippen LogP contribution in [0.2, 0.25) is 0 Å². The van der Waals surface area contributed by atoms with Crippen molar-refractivity contribution in [2.75, 3.05) is 7.11 Å². The van der Waals surface area contributed by atoms with E-state index in [-0.39, 0.29) is 12.0 Å². The molecule has 0 aliphatic carbocycles. The third-order valence-electron chi connectivity index (χ3n) is 3.79. The molecule has 2 unspecified atom stereocenters. The van der Waals surface area contributed by atoms with Gasteiger partial charge in [-0.3, -0.25) is 4.79 Å². The summed E-state index contributed by atoms with van der Waals surface area (Å²) in [7, 11) is 1.61.